The zero-order valence-corrected chi connectivity index (χ0v) is 19.9. The lowest BCUT2D eigenvalue weighted by atomic mass is 9.84. The molecule has 0 aromatic carbocycles. The second kappa shape index (κ2) is 9.98. The quantitative estimate of drug-likeness (QED) is 0.663. The molecule has 0 aliphatic carbocycles. The first-order valence-electron chi connectivity index (χ1n) is 11.5. The van der Waals surface area contributed by atoms with Crippen LogP contribution in [0.25, 0.3) is 0 Å². The normalized spacial score (nSPS) is 22.5. The molecule has 2 fully saturated rings. The molecule has 2 atom stereocenters. The van der Waals surface area contributed by atoms with Crippen LogP contribution in [0.15, 0.2) is 10.6 Å². The minimum Gasteiger partial charge on any atom is -0.381 e. The smallest absolute Gasteiger partial charge is 0.246 e. The van der Waals surface area contributed by atoms with Gasteiger partial charge in [-0.25, -0.2) is 0 Å². The van der Waals surface area contributed by atoms with Crippen LogP contribution in [-0.2, 0) is 24.4 Å². The maximum absolute atomic E-state index is 13.1. The van der Waals surface area contributed by atoms with Gasteiger partial charge in [-0.2, -0.15) is 0 Å². The highest BCUT2D eigenvalue weighted by atomic mass is 16.7. The lowest BCUT2D eigenvalue weighted by Gasteiger charge is -2.41. The molecule has 1 N–H and O–H groups in total. The maximum Gasteiger partial charge on any atom is 0.246 e. The Labute approximate surface area is 185 Å². The fourth-order valence-electron chi connectivity index (χ4n) is 4.02. The summed E-state index contributed by atoms with van der Waals surface area (Å²) in [6.07, 6.45) is 4.68. The number of carbonyl (C=O) groups is 1. The summed E-state index contributed by atoms with van der Waals surface area (Å²) in [5.41, 5.74) is -0.359. The second-order valence-corrected chi connectivity index (χ2v) is 9.84. The van der Waals surface area contributed by atoms with Crippen molar-refractivity contribution in [1.82, 2.24) is 10.1 Å². The fraction of sp³-hybridized carbons (Fsp3) is 0.826. The Balaban J connectivity index is 1.61. The molecule has 8 nitrogen and oxygen atoms in total. The number of rotatable bonds is 8. The van der Waals surface area contributed by atoms with E-state index in [9.17, 15) is 4.79 Å². The van der Waals surface area contributed by atoms with Crippen LogP contribution in [0, 0.1) is 0 Å². The van der Waals surface area contributed by atoms with Crippen molar-refractivity contribution in [1.29, 1.82) is 0 Å². The molecule has 0 saturated carbocycles. The van der Waals surface area contributed by atoms with Gasteiger partial charge < -0.3 is 18.7 Å². The summed E-state index contributed by atoms with van der Waals surface area (Å²) in [5, 5.41) is 7.14. The average Bonchev–Trinajstić information content (AvgIpc) is 3.23. The lowest BCUT2D eigenvalue weighted by Crippen LogP contribution is -2.55. The summed E-state index contributed by atoms with van der Waals surface area (Å²) >= 11 is 0. The van der Waals surface area contributed by atoms with E-state index in [1.807, 2.05) is 27.8 Å². The minimum atomic E-state index is -0.695. The molecule has 8 heteroatoms. The van der Waals surface area contributed by atoms with Crippen LogP contribution in [0.3, 0.4) is 0 Å². The van der Waals surface area contributed by atoms with E-state index in [1.165, 1.54) is 0 Å². The Kier molecular flexibility index (Phi) is 7.78. The SMILES string of the molecule is C[C@H](OC1CCCCO1)C(C)(C)c1cc(NC(=O)C(C)(C)N(C)C2CCOCC2)on1. The van der Waals surface area contributed by atoms with E-state index in [0.717, 1.165) is 57.6 Å². The Hall–Kier alpha value is -1.48. The number of carbonyl (C=O) groups excluding carboxylic acids is 1. The van der Waals surface area contributed by atoms with E-state index in [1.54, 1.807) is 6.07 Å². The topological polar surface area (TPSA) is 86.1 Å². The Bertz CT molecular complexity index is 721. The van der Waals surface area contributed by atoms with E-state index in [4.69, 9.17) is 18.7 Å². The van der Waals surface area contributed by atoms with Gasteiger partial charge in [-0.15, -0.1) is 0 Å². The molecule has 176 valence electrons. The zero-order chi connectivity index (χ0) is 22.6. The Morgan fingerprint density at radius 3 is 2.55 bits per heavy atom. The third-order valence-corrected chi connectivity index (χ3v) is 7.09. The number of hydrogen-bond acceptors (Lipinski definition) is 7. The van der Waals surface area contributed by atoms with Gasteiger partial charge in [0.2, 0.25) is 11.8 Å². The largest absolute Gasteiger partial charge is 0.381 e. The number of anilines is 1. The standard InChI is InChI=1S/C23H39N3O5/c1-16(30-20-9-7-8-12-29-20)22(2,3)18-15-19(31-25-18)24-21(27)23(4,5)26(6)17-10-13-28-14-11-17/h15-17,20H,7-14H2,1-6H3,(H,24,27)/t16-,20?/m0/s1. The predicted molar refractivity (Wildman–Crippen MR) is 118 cm³/mol. The molecule has 3 rings (SSSR count). The average molecular weight is 438 g/mol. The Morgan fingerprint density at radius 1 is 1.19 bits per heavy atom. The number of amides is 1. The highest BCUT2D eigenvalue weighted by Gasteiger charge is 2.38. The summed E-state index contributed by atoms with van der Waals surface area (Å²) < 4.78 is 22.8. The third-order valence-electron chi connectivity index (χ3n) is 7.09. The van der Waals surface area contributed by atoms with Crippen molar-refractivity contribution in [3.05, 3.63) is 11.8 Å². The van der Waals surface area contributed by atoms with Crippen molar-refractivity contribution in [3.63, 3.8) is 0 Å². The number of aromatic nitrogens is 1. The molecule has 3 heterocycles. The van der Waals surface area contributed by atoms with Crippen LogP contribution in [0.5, 0.6) is 0 Å². The monoisotopic (exact) mass is 437 g/mol. The van der Waals surface area contributed by atoms with Gasteiger partial charge >= 0.3 is 0 Å². The summed E-state index contributed by atoms with van der Waals surface area (Å²) in [6.45, 7) is 12.2. The van der Waals surface area contributed by atoms with Crippen LogP contribution in [0.2, 0.25) is 0 Å². The van der Waals surface area contributed by atoms with Gasteiger partial charge in [0, 0.05) is 37.3 Å². The van der Waals surface area contributed by atoms with Gasteiger partial charge in [0.05, 0.1) is 17.3 Å². The fourth-order valence-corrected chi connectivity index (χ4v) is 4.02. The predicted octanol–water partition coefficient (Wildman–Crippen LogP) is 3.71. The lowest BCUT2D eigenvalue weighted by molar-refractivity contribution is -0.196. The van der Waals surface area contributed by atoms with Crippen molar-refractivity contribution < 1.29 is 23.5 Å². The highest BCUT2D eigenvalue weighted by molar-refractivity contribution is 5.96. The molecule has 2 aliphatic heterocycles. The van der Waals surface area contributed by atoms with Crippen LogP contribution in [0.4, 0.5) is 5.88 Å². The first kappa shape index (κ1) is 24.2. The van der Waals surface area contributed by atoms with Crippen molar-refractivity contribution in [3.8, 4) is 0 Å². The van der Waals surface area contributed by atoms with Crippen LogP contribution in [-0.4, -0.2) is 66.8 Å². The highest BCUT2D eigenvalue weighted by Crippen LogP contribution is 2.32. The van der Waals surface area contributed by atoms with Crippen molar-refractivity contribution in [2.24, 2.45) is 0 Å². The van der Waals surface area contributed by atoms with Gasteiger partial charge in [0.1, 0.15) is 0 Å². The van der Waals surface area contributed by atoms with E-state index in [-0.39, 0.29) is 18.3 Å². The molecule has 2 aliphatic rings. The van der Waals surface area contributed by atoms with Gasteiger partial charge in [0.15, 0.2) is 6.29 Å². The van der Waals surface area contributed by atoms with E-state index in [0.29, 0.717) is 11.9 Å². The first-order valence-corrected chi connectivity index (χ1v) is 11.5. The maximum atomic E-state index is 13.1. The molecule has 2 saturated heterocycles. The van der Waals surface area contributed by atoms with Crippen molar-refractivity contribution in [2.75, 3.05) is 32.2 Å². The molecule has 1 amide bonds. The summed E-state index contributed by atoms with van der Waals surface area (Å²) in [7, 11) is 2.00. The number of hydrogen-bond donors (Lipinski definition) is 1. The number of nitrogens with one attached hydrogen (secondary N) is 1. The molecule has 1 aromatic heterocycles. The van der Waals surface area contributed by atoms with Gasteiger partial charge in [-0.05, 0) is 59.9 Å². The molecule has 1 aromatic rings. The molecular weight excluding hydrogens is 398 g/mol. The summed E-state index contributed by atoms with van der Waals surface area (Å²) in [6, 6.07) is 2.11. The number of likely N-dealkylation sites (N-methyl/N-ethyl adjacent to an activating group) is 1. The molecule has 0 spiro atoms. The summed E-state index contributed by atoms with van der Waals surface area (Å²) in [4.78, 5) is 15.2. The van der Waals surface area contributed by atoms with Gasteiger partial charge in [-0.3, -0.25) is 15.0 Å². The molecule has 0 radical (unpaired) electrons. The Morgan fingerprint density at radius 2 is 1.90 bits per heavy atom. The van der Waals surface area contributed by atoms with Gasteiger partial charge in [0.25, 0.3) is 0 Å². The number of nitrogens with zero attached hydrogens (tertiary/aromatic N) is 2. The third kappa shape index (κ3) is 5.66. The van der Waals surface area contributed by atoms with E-state index < -0.39 is 11.0 Å². The zero-order valence-electron chi connectivity index (χ0n) is 19.9. The summed E-state index contributed by atoms with van der Waals surface area (Å²) in [5.74, 6) is 0.226. The number of ether oxygens (including phenoxy) is 3. The molecule has 1 unspecified atom stereocenters. The van der Waals surface area contributed by atoms with Crippen LogP contribution >= 0.6 is 0 Å². The molecular formula is C23H39N3O5. The molecule has 31 heavy (non-hydrogen) atoms. The van der Waals surface area contributed by atoms with E-state index in [2.05, 4.69) is 29.2 Å². The first-order chi connectivity index (χ1) is 14.6. The van der Waals surface area contributed by atoms with Crippen LogP contribution in [0.1, 0.15) is 72.4 Å². The van der Waals surface area contributed by atoms with Crippen molar-refractivity contribution >= 4 is 11.8 Å². The van der Waals surface area contributed by atoms with Crippen LogP contribution < -0.4 is 5.32 Å². The minimum absolute atomic E-state index is 0.123. The van der Waals surface area contributed by atoms with E-state index >= 15 is 0 Å². The molecule has 0 bridgehead atoms. The van der Waals surface area contributed by atoms with Crippen molar-refractivity contribution in [2.45, 2.75) is 96.1 Å². The van der Waals surface area contributed by atoms with Gasteiger partial charge in [-0.1, -0.05) is 19.0 Å². The second-order valence-electron chi connectivity index (χ2n) is 9.84.